The van der Waals surface area contributed by atoms with Gasteiger partial charge in [0.2, 0.25) is 0 Å². The zero-order chi connectivity index (χ0) is 13.6. The average Bonchev–Trinajstić information content (AvgIpc) is 2.28. The van der Waals surface area contributed by atoms with Crippen LogP contribution in [0.5, 0.6) is 0 Å². The van der Waals surface area contributed by atoms with E-state index in [1.807, 2.05) is 5.32 Å². The van der Waals surface area contributed by atoms with Crippen LogP contribution in [-0.2, 0) is 6.42 Å². The second-order valence-electron chi connectivity index (χ2n) is 3.79. The van der Waals surface area contributed by atoms with E-state index >= 15 is 0 Å². The molecule has 0 spiro atoms. The van der Waals surface area contributed by atoms with Crippen molar-refractivity contribution in [3.8, 4) is 0 Å². The molecule has 0 aliphatic carbocycles. The molecule has 0 aliphatic rings. The zero-order valence-corrected chi connectivity index (χ0v) is 9.92. The second-order valence-corrected chi connectivity index (χ2v) is 3.79. The molecule has 0 aliphatic heterocycles. The highest BCUT2D eigenvalue weighted by atomic mass is 19.4. The molecule has 2 amide bonds. The smallest absolute Gasteiger partial charge is 0.338 e. The molecule has 1 rings (SSSR count). The summed E-state index contributed by atoms with van der Waals surface area (Å²) in [5.41, 5.74) is 0.525. The average molecular weight is 260 g/mol. The monoisotopic (exact) mass is 260 g/mol. The van der Waals surface area contributed by atoms with Gasteiger partial charge in [0.1, 0.15) is 6.04 Å². The summed E-state index contributed by atoms with van der Waals surface area (Å²) in [6.45, 7) is 1.92. The lowest BCUT2D eigenvalue weighted by molar-refractivity contribution is -0.152. The predicted molar refractivity (Wildman–Crippen MR) is 62.2 cm³/mol. The Balaban J connectivity index is 2.71. The van der Waals surface area contributed by atoms with Crippen molar-refractivity contribution >= 4 is 6.03 Å². The fraction of sp³-hybridized carbons (Fsp3) is 0.417. The third-order valence-corrected chi connectivity index (χ3v) is 2.32. The number of benzene rings is 1. The van der Waals surface area contributed by atoms with Gasteiger partial charge in [-0.25, -0.2) is 4.79 Å². The third kappa shape index (κ3) is 4.65. The SMILES string of the molecule is CCNC(=O)NC(Cc1ccccc1)C(F)(F)F. The van der Waals surface area contributed by atoms with Crippen molar-refractivity contribution in [3.63, 3.8) is 0 Å². The molecule has 0 saturated heterocycles. The molecule has 1 unspecified atom stereocenters. The maximum Gasteiger partial charge on any atom is 0.408 e. The minimum Gasteiger partial charge on any atom is -0.338 e. The van der Waals surface area contributed by atoms with Crippen LogP contribution in [0.3, 0.4) is 0 Å². The summed E-state index contributed by atoms with van der Waals surface area (Å²) in [7, 11) is 0. The minimum absolute atomic E-state index is 0.276. The van der Waals surface area contributed by atoms with Crippen LogP contribution in [0.1, 0.15) is 12.5 Å². The highest BCUT2D eigenvalue weighted by molar-refractivity contribution is 5.74. The minimum atomic E-state index is -4.47. The van der Waals surface area contributed by atoms with E-state index < -0.39 is 18.2 Å². The Bertz CT molecular complexity index is 379. The fourth-order valence-electron chi connectivity index (χ4n) is 1.47. The van der Waals surface area contributed by atoms with Crippen LogP contribution in [0.15, 0.2) is 30.3 Å². The Morgan fingerprint density at radius 1 is 1.28 bits per heavy atom. The van der Waals surface area contributed by atoms with Crippen molar-refractivity contribution in [2.75, 3.05) is 6.54 Å². The van der Waals surface area contributed by atoms with Crippen LogP contribution >= 0.6 is 0 Å². The van der Waals surface area contributed by atoms with Gasteiger partial charge in [0.15, 0.2) is 0 Å². The first-order valence-corrected chi connectivity index (χ1v) is 5.58. The quantitative estimate of drug-likeness (QED) is 0.858. The molecule has 0 aromatic heterocycles. The van der Waals surface area contributed by atoms with E-state index in [9.17, 15) is 18.0 Å². The summed E-state index contributed by atoms with van der Waals surface area (Å²) in [6, 6.07) is 5.55. The Hall–Kier alpha value is -1.72. The standard InChI is InChI=1S/C12H15F3N2O/c1-2-16-11(18)17-10(12(13,14)15)8-9-6-4-3-5-7-9/h3-7,10H,2,8H2,1H3,(H2,16,17,18). The van der Waals surface area contributed by atoms with Crippen molar-refractivity contribution < 1.29 is 18.0 Å². The maximum absolute atomic E-state index is 12.8. The molecule has 1 aromatic rings. The van der Waals surface area contributed by atoms with E-state index in [0.717, 1.165) is 0 Å². The summed E-state index contributed by atoms with van der Waals surface area (Å²) in [4.78, 5) is 11.2. The number of nitrogens with one attached hydrogen (secondary N) is 2. The van der Waals surface area contributed by atoms with Crippen molar-refractivity contribution in [1.82, 2.24) is 10.6 Å². The predicted octanol–water partition coefficient (Wildman–Crippen LogP) is 2.48. The molecule has 0 bridgehead atoms. The maximum atomic E-state index is 12.8. The molecule has 3 nitrogen and oxygen atoms in total. The van der Waals surface area contributed by atoms with Gasteiger partial charge in [-0.3, -0.25) is 0 Å². The van der Waals surface area contributed by atoms with Gasteiger partial charge < -0.3 is 10.6 Å². The summed E-state index contributed by atoms with van der Waals surface area (Å²) in [5.74, 6) is 0. The number of urea groups is 1. The zero-order valence-electron chi connectivity index (χ0n) is 9.92. The number of hydrogen-bond donors (Lipinski definition) is 2. The number of carbonyl (C=O) groups is 1. The first-order valence-electron chi connectivity index (χ1n) is 5.58. The van der Waals surface area contributed by atoms with Crippen LogP contribution in [0.2, 0.25) is 0 Å². The van der Waals surface area contributed by atoms with Crippen molar-refractivity contribution in [2.24, 2.45) is 0 Å². The number of rotatable bonds is 4. The first-order chi connectivity index (χ1) is 8.43. The number of halogens is 3. The molecule has 1 aromatic carbocycles. The summed E-state index contributed by atoms with van der Waals surface area (Å²) in [6.07, 6.45) is -4.75. The summed E-state index contributed by atoms with van der Waals surface area (Å²) >= 11 is 0. The second kappa shape index (κ2) is 6.28. The van der Waals surface area contributed by atoms with Crippen LogP contribution < -0.4 is 10.6 Å². The molecule has 0 heterocycles. The number of amides is 2. The van der Waals surface area contributed by atoms with Crippen LogP contribution in [0.25, 0.3) is 0 Å². The number of carbonyl (C=O) groups excluding carboxylic acids is 1. The molecular weight excluding hydrogens is 245 g/mol. The van der Waals surface area contributed by atoms with E-state index in [1.165, 1.54) is 0 Å². The van der Waals surface area contributed by atoms with Gasteiger partial charge >= 0.3 is 12.2 Å². The molecule has 2 N–H and O–H groups in total. The number of hydrogen-bond acceptors (Lipinski definition) is 1. The summed E-state index contributed by atoms with van der Waals surface area (Å²) < 4.78 is 38.3. The molecule has 0 saturated carbocycles. The van der Waals surface area contributed by atoms with Gasteiger partial charge in [-0.2, -0.15) is 13.2 Å². The van der Waals surface area contributed by atoms with Crippen molar-refractivity contribution in [1.29, 1.82) is 0 Å². The molecule has 100 valence electrons. The van der Waals surface area contributed by atoms with Crippen LogP contribution in [-0.4, -0.2) is 24.8 Å². The van der Waals surface area contributed by atoms with Gasteiger partial charge in [-0.15, -0.1) is 0 Å². The van der Waals surface area contributed by atoms with E-state index in [0.29, 0.717) is 5.56 Å². The van der Waals surface area contributed by atoms with Gasteiger partial charge in [-0.05, 0) is 12.5 Å². The Morgan fingerprint density at radius 2 is 1.89 bits per heavy atom. The Kier molecular flexibility index (Phi) is 5.00. The van der Waals surface area contributed by atoms with Gasteiger partial charge in [0.25, 0.3) is 0 Å². The largest absolute Gasteiger partial charge is 0.408 e. The van der Waals surface area contributed by atoms with E-state index in [-0.39, 0.29) is 13.0 Å². The van der Waals surface area contributed by atoms with Crippen LogP contribution in [0.4, 0.5) is 18.0 Å². The van der Waals surface area contributed by atoms with Crippen molar-refractivity contribution in [2.45, 2.75) is 25.6 Å². The van der Waals surface area contributed by atoms with Crippen LogP contribution in [0, 0.1) is 0 Å². The molecule has 6 heteroatoms. The lowest BCUT2D eigenvalue weighted by Gasteiger charge is -2.21. The topological polar surface area (TPSA) is 41.1 Å². The lowest BCUT2D eigenvalue weighted by atomic mass is 10.1. The van der Waals surface area contributed by atoms with Gasteiger partial charge in [0, 0.05) is 13.0 Å². The Morgan fingerprint density at radius 3 is 2.39 bits per heavy atom. The molecular formula is C12H15F3N2O. The Labute approximate surface area is 103 Å². The third-order valence-electron chi connectivity index (χ3n) is 2.32. The molecule has 0 fully saturated rings. The molecule has 0 radical (unpaired) electrons. The van der Waals surface area contributed by atoms with E-state index in [2.05, 4.69) is 5.32 Å². The normalized spacial score (nSPS) is 12.9. The van der Waals surface area contributed by atoms with Gasteiger partial charge in [0.05, 0.1) is 0 Å². The highest BCUT2D eigenvalue weighted by Crippen LogP contribution is 2.23. The van der Waals surface area contributed by atoms with Gasteiger partial charge in [-0.1, -0.05) is 30.3 Å². The first kappa shape index (κ1) is 14.3. The summed E-state index contributed by atoms with van der Waals surface area (Å²) in [5, 5.41) is 4.22. The highest BCUT2D eigenvalue weighted by Gasteiger charge is 2.40. The van der Waals surface area contributed by atoms with Crippen molar-refractivity contribution in [3.05, 3.63) is 35.9 Å². The number of alkyl halides is 3. The van der Waals surface area contributed by atoms with E-state index in [1.54, 1.807) is 37.3 Å². The molecule has 1 atom stereocenters. The fourth-order valence-corrected chi connectivity index (χ4v) is 1.47. The molecule has 18 heavy (non-hydrogen) atoms. The lowest BCUT2D eigenvalue weighted by Crippen LogP contribution is -2.50. The van der Waals surface area contributed by atoms with E-state index in [4.69, 9.17) is 0 Å².